The van der Waals surface area contributed by atoms with Crippen molar-refractivity contribution < 1.29 is 13.5 Å². The second kappa shape index (κ2) is 4.07. The molecule has 0 bridgehead atoms. The summed E-state index contributed by atoms with van der Waals surface area (Å²) in [5, 5.41) is 12.1. The van der Waals surface area contributed by atoms with Crippen LogP contribution in [-0.4, -0.2) is 19.4 Å². The third-order valence-corrected chi connectivity index (χ3v) is 4.01. The first-order chi connectivity index (χ1) is 8.24. The fraction of sp³-hybridized carbons (Fsp3) is 0.417. The van der Waals surface area contributed by atoms with Crippen molar-refractivity contribution >= 4 is 21.5 Å². The summed E-state index contributed by atoms with van der Waals surface area (Å²) >= 11 is 0. The van der Waals surface area contributed by atoms with Crippen molar-refractivity contribution in [1.82, 2.24) is 0 Å². The maximum atomic E-state index is 12.0. The molecule has 0 atom stereocenters. The van der Waals surface area contributed by atoms with E-state index in [1.54, 1.807) is 12.1 Å². The van der Waals surface area contributed by atoms with Crippen molar-refractivity contribution in [2.45, 2.75) is 32.3 Å². The molecule has 0 saturated carbocycles. The quantitative estimate of drug-likeness (QED) is 0.813. The number of aliphatic hydroxyl groups excluding tert-OH is 1. The summed E-state index contributed by atoms with van der Waals surface area (Å²) in [6, 6.07) is 4.68. The van der Waals surface area contributed by atoms with Crippen molar-refractivity contribution in [2.24, 2.45) is 9.81 Å². The molecule has 6 heteroatoms. The van der Waals surface area contributed by atoms with Crippen molar-refractivity contribution in [1.29, 1.82) is 0 Å². The van der Waals surface area contributed by atoms with Crippen LogP contribution in [-0.2, 0) is 16.6 Å². The Kier molecular flexibility index (Phi) is 2.95. The molecule has 1 aromatic rings. The average Bonchev–Trinajstić information content (AvgIpc) is 2.26. The SMILES string of the molecule is CC(C)(C)C1=NS(=O)(=O)c2ccc(CO)cc2N1. The third-order valence-electron chi connectivity index (χ3n) is 2.68. The van der Waals surface area contributed by atoms with Gasteiger partial charge in [0, 0.05) is 5.41 Å². The summed E-state index contributed by atoms with van der Waals surface area (Å²) in [6.45, 7) is 5.52. The van der Waals surface area contributed by atoms with Gasteiger partial charge in [-0.05, 0) is 17.7 Å². The molecule has 0 spiro atoms. The van der Waals surface area contributed by atoms with Crippen LogP contribution in [0.4, 0.5) is 5.69 Å². The molecule has 98 valence electrons. The summed E-state index contributed by atoms with van der Waals surface area (Å²) in [4.78, 5) is 0.146. The second-order valence-electron chi connectivity index (χ2n) is 5.28. The highest BCUT2D eigenvalue weighted by Gasteiger charge is 2.30. The first-order valence-electron chi connectivity index (χ1n) is 5.60. The van der Waals surface area contributed by atoms with Gasteiger partial charge in [0.25, 0.3) is 10.0 Å². The summed E-state index contributed by atoms with van der Waals surface area (Å²) in [6.07, 6.45) is 0. The van der Waals surface area contributed by atoms with Gasteiger partial charge in [-0.1, -0.05) is 26.8 Å². The molecule has 0 radical (unpaired) electrons. The fourth-order valence-electron chi connectivity index (χ4n) is 1.64. The molecule has 2 rings (SSSR count). The fourth-order valence-corrected chi connectivity index (χ4v) is 2.93. The Morgan fingerprint density at radius 1 is 1.33 bits per heavy atom. The van der Waals surface area contributed by atoms with Crippen LogP contribution in [0.2, 0.25) is 0 Å². The summed E-state index contributed by atoms with van der Waals surface area (Å²) in [7, 11) is -3.66. The molecule has 0 fully saturated rings. The highest BCUT2D eigenvalue weighted by Crippen LogP contribution is 2.32. The van der Waals surface area contributed by atoms with Gasteiger partial charge in [-0.3, -0.25) is 0 Å². The highest BCUT2D eigenvalue weighted by atomic mass is 32.2. The van der Waals surface area contributed by atoms with E-state index in [1.807, 2.05) is 20.8 Å². The number of hydrogen-bond acceptors (Lipinski definition) is 4. The Labute approximate surface area is 107 Å². The number of aliphatic hydroxyl groups is 1. The Morgan fingerprint density at radius 2 is 2.00 bits per heavy atom. The van der Waals surface area contributed by atoms with Gasteiger partial charge in [0.15, 0.2) is 0 Å². The zero-order valence-corrected chi connectivity index (χ0v) is 11.4. The summed E-state index contributed by atoms with van der Waals surface area (Å²) in [5.41, 5.74) is 0.744. The van der Waals surface area contributed by atoms with Gasteiger partial charge in [-0.2, -0.15) is 8.42 Å². The van der Waals surface area contributed by atoms with Crippen LogP contribution in [0, 0.1) is 5.41 Å². The van der Waals surface area contributed by atoms with Crippen LogP contribution >= 0.6 is 0 Å². The Balaban J connectivity index is 2.59. The molecule has 0 amide bonds. The number of amidine groups is 1. The molecule has 5 nitrogen and oxygen atoms in total. The monoisotopic (exact) mass is 268 g/mol. The average molecular weight is 268 g/mol. The van der Waals surface area contributed by atoms with E-state index >= 15 is 0 Å². The van der Waals surface area contributed by atoms with Gasteiger partial charge in [-0.15, -0.1) is 4.40 Å². The highest BCUT2D eigenvalue weighted by molar-refractivity contribution is 7.90. The lowest BCUT2D eigenvalue weighted by Crippen LogP contribution is -2.32. The molecular weight excluding hydrogens is 252 g/mol. The molecule has 18 heavy (non-hydrogen) atoms. The molecule has 1 aliphatic rings. The predicted octanol–water partition coefficient (Wildman–Crippen LogP) is 1.74. The van der Waals surface area contributed by atoms with Gasteiger partial charge < -0.3 is 10.4 Å². The zero-order chi connectivity index (χ0) is 13.6. The molecule has 0 aromatic heterocycles. The predicted molar refractivity (Wildman–Crippen MR) is 70.1 cm³/mol. The molecular formula is C12H16N2O3S. The number of benzene rings is 1. The number of anilines is 1. The lowest BCUT2D eigenvalue weighted by atomic mass is 9.95. The van der Waals surface area contributed by atoms with Gasteiger partial charge in [0.05, 0.1) is 12.3 Å². The molecule has 1 aliphatic heterocycles. The molecule has 2 N–H and O–H groups in total. The topological polar surface area (TPSA) is 78.8 Å². The zero-order valence-electron chi connectivity index (χ0n) is 10.6. The van der Waals surface area contributed by atoms with E-state index in [-0.39, 0.29) is 16.9 Å². The van der Waals surface area contributed by atoms with Gasteiger partial charge in [-0.25, -0.2) is 0 Å². The van der Waals surface area contributed by atoms with Crippen LogP contribution in [0.25, 0.3) is 0 Å². The van der Waals surface area contributed by atoms with Crippen molar-refractivity contribution in [3.63, 3.8) is 0 Å². The van der Waals surface area contributed by atoms with Crippen molar-refractivity contribution in [3.05, 3.63) is 23.8 Å². The van der Waals surface area contributed by atoms with E-state index in [9.17, 15) is 8.42 Å². The molecule has 1 heterocycles. The maximum Gasteiger partial charge on any atom is 0.286 e. The third kappa shape index (κ3) is 2.26. The Hall–Kier alpha value is -1.40. The maximum absolute atomic E-state index is 12.0. The first-order valence-corrected chi connectivity index (χ1v) is 7.04. The van der Waals surface area contributed by atoms with Gasteiger partial charge in [0.1, 0.15) is 10.7 Å². The minimum atomic E-state index is -3.66. The molecule has 0 saturated heterocycles. The second-order valence-corrected chi connectivity index (χ2v) is 6.85. The van der Waals surface area contributed by atoms with Crippen molar-refractivity contribution in [3.8, 4) is 0 Å². The van der Waals surface area contributed by atoms with E-state index in [4.69, 9.17) is 5.11 Å². The van der Waals surface area contributed by atoms with E-state index in [2.05, 4.69) is 9.71 Å². The van der Waals surface area contributed by atoms with Crippen LogP contribution in [0.1, 0.15) is 26.3 Å². The summed E-state index contributed by atoms with van der Waals surface area (Å²) in [5.74, 6) is 0.407. The molecule has 0 unspecified atom stereocenters. The van der Waals surface area contributed by atoms with E-state index in [1.165, 1.54) is 6.07 Å². The number of nitrogens with zero attached hydrogens (tertiary/aromatic N) is 1. The van der Waals surface area contributed by atoms with E-state index < -0.39 is 10.0 Å². The normalized spacial score (nSPS) is 17.7. The number of sulfonamides is 1. The molecule has 1 aromatic carbocycles. The smallest absolute Gasteiger partial charge is 0.286 e. The number of nitrogens with one attached hydrogen (secondary N) is 1. The van der Waals surface area contributed by atoms with Crippen LogP contribution in [0.15, 0.2) is 27.5 Å². The number of rotatable bonds is 1. The minimum absolute atomic E-state index is 0.128. The summed E-state index contributed by atoms with van der Waals surface area (Å²) < 4.78 is 27.9. The largest absolute Gasteiger partial charge is 0.392 e. The van der Waals surface area contributed by atoms with Gasteiger partial charge >= 0.3 is 0 Å². The van der Waals surface area contributed by atoms with Crippen LogP contribution in [0.5, 0.6) is 0 Å². The van der Waals surface area contributed by atoms with Crippen LogP contribution < -0.4 is 5.32 Å². The van der Waals surface area contributed by atoms with E-state index in [0.717, 1.165) is 0 Å². The Bertz CT molecular complexity index is 613. The lowest BCUT2D eigenvalue weighted by Gasteiger charge is -2.27. The standard InChI is InChI=1S/C12H16N2O3S/c1-12(2,3)11-13-9-6-8(7-15)4-5-10(9)18(16,17)14-11/h4-6,15H,7H2,1-3H3,(H,13,14). The first kappa shape index (κ1) is 13.0. The van der Waals surface area contributed by atoms with Crippen molar-refractivity contribution in [2.75, 3.05) is 5.32 Å². The van der Waals surface area contributed by atoms with Gasteiger partial charge in [0.2, 0.25) is 0 Å². The number of fused-ring (bicyclic) bond motifs is 1. The lowest BCUT2D eigenvalue weighted by molar-refractivity contribution is 0.282. The molecule has 0 aliphatic carbocycles. The Morgan fingerprint density at radius 3 is 2.56 bits per heavy atom. The van der Waals surface area contributed by atoms with Crippen LogP contribution in [0.3, 0.4) is 0 Å². The van der Waals surface area contributed by atoms with E-state index in [0.29, 0.717) is 17.1 Å². The number of hydrogen-bond donors (Lipinski definition) is 2. The minimum Gasteiger partial charge on any atom is -0.392 e.